The Hall–Kier alpha value is -1.02. The third-order valence-corrected chi connectivity index (χ3v) is 2.92. The molecule has 0 atom stereocenters. The van der Waals surface area contributed by atoms with Crippen molar-refractivity contribution in [1.82, 2.24) is 0 Å². The van der Waals surface area contributed by atoms with Crippen molar-refractivity contribution >= 4 is 23.2 Å². The molecule has 14 heavy (non-hydrogen) atoms. The Morgan fingerprint density at radius 1 is 1.43 bits per heavy atom. The second kappa shape index (κ2) is 2.99. The maximum atomic E-state index is 11.4. The van der Waals surface area contributed by atoms with E-state index in [1.807, 2.05) is 12.1 Å². The zero-order chi connectivity index (χ0) is 10.3. The summed E-state index contributed by atoms with van der Waals surface area (Å²) in [4.78, 5) is 11.4. The highest BCUT2D eigenvalue weighted by Crippen LogP contribution is 2.40. The van der Waals surface area contributed by atoms with Gasteiger partial charge in [0.1, 0.15) is 0 Å². The zero-order valence-electron chi connectivity index (χ0n) is 8.23. The van der Waals surface area contributed by atoms with Crippen molar-refractivity contribution in [3.05, 3.63) is 28.8 Å². The number of benzene rings is 1. The first kappa shape index (κ1) is 9.53. The van der Waals surface area contributed by atoms with Crippen molar-refractivity contribution in [2.75, 3.05) is 5.32 Å². The Bertz CT molecular complexity index is 398. The van der Waals surface area contributed by atoms with Gasteiger partial charge in [-0.05, 0) is 11.6 Å². The second-order valence-corrected chi connectivity index (χ2v) is 4.68. The van der Waals surface area contributed by atoms with Crippen LogP contribution in [0.1, 0.15) is 25.8 Å². The molecular weight excluding hydrogens is 198 g/mol. The highest BCUT2D eigenvalue weighted by atomic mass is 35.5. The summed E-state index contributed by atoms with van der Waals surface area (Å²) in [5.74, 6) is 0.0376. The molecule has 1 aromatic carbocycles. The standard InChI is InChI=1S/C11H12ClNO/c1-11(2)6-9(14)13-10-7(11)4-3-5-8(10)12/h3-5H,6H2,1-2H3,(H,13,14). The van der Waals surface area contributed by atoms with Crippen LogP contribution >= 0.6 is 11.6 Å². The predicted octanol–water partition coefficient (Wildman–Crippen LogP) is 2.96. The second-order valence-electron chi connectivity index (χ2n) is 4.27. The van der Waals surface area contributed by atoms with Gasteiger partial charge in [-0.2, -0.15) is 0 Å². The van der Waals surface area contributed by atoms with Gasteiger partial charge in [0.15, 0.2) is 0 Å². The van der Waals surface area contributed by atoms with E-state index in [1.165, 1.54) is 0 Å². The molecule has 0 unspecified atom stereocenters. The number of hydrogen-bond donors (Lipinski definition) is 1. The molecule has 0 aromatic heterocycles. The number of amides is 1. The average molecular weight is 210 g/mol. The maximum Gasteiger partial charge on any atom is 0.225 e. The molecular formula is C11H12ClNO. The summed E-state index contributed by atoms with van der Waals surface area (Å²) in [7, 11) is 0. The largest absolute Gasteiger partial charge is 0.324 e. The van der Waals surface area contributed by atoms with Crippen molar-refractivity contribution in [2.24, 2.45) is 0 Å². The topological polar surface area (TPSA) is 29.1 Å². The molecule has 1 aromatic rings. The average Bonchev–Trinajstić information content (AvgIpc) is 2.05. The minimum Gasteiger partial charge on any atom is -0.324 e. The third-order valence-electron chi connectivity index (χ3n) is 2.61. The van der Waals surface area contributed by atoms with Crippen molar-refractivity contribution in [1.29, 1.82) is 0 Å². The number of nitrogens with one attached hydrogen (secondary N) is 1. The molecule has 0 aliphatic carbocycles. The molecule has 1 aliphatic heterocycles. The molecule has 0 spiro atoms. The molecule has 1 N–H and O–H groups in total. The Morgan fingerprint density at radius 2 is 2.14 bits per heavy atom. The van der Waals surface area contributed by atoms with Crippen LogP contribution in [0.2, 0.25) is 5.02 Å². The van der Waals surface area contributed by atoms with Gasteiger partial charge in [-0.1, -0.05) is 37.6 Å². The van der Waals surface area contributed by atoms with E-state index in [-0.39, 0.29) is 11.3 Å². The van der Waals surface area contributed by atoms with Gasteiger partial charge in [0.25, 0.3) is 0 Å². The van der Waals surface area contributed by atoms with E-state index in [1.54, 1.807) is 6.07 Å². The minimum absolute atomic E-state index is 0.0376. The first-order valence-corrected chi connectivity index (χ1v) is 4.97. The van der Waals surface area contributed by atoms with Crippen LogP contribution in [0, 0.1) is 0 Å². The van der Waals surface area contributed by atoms with Gasteiger partial charge in [-0.15, -0.1) is 0 Å². The summed E-state index contributed by atoms with van der Waals surface area (Å²) < 4.78 is 0. The lowest BCUT2D eigenvalue weighted by atomic mass is 9.78. The van der Waals surface area contributed by atoms with Gasteiger partial charge >= 0.3 is 0 Å². The molecule has 2 nitrogen and oxygen atoms in total. The Kier molecular flexibility index (Phi) is 2.04. The number of anilines is 1. The normalized spacial score (nSPS) is 18.6. The summed E-state index contributed by atoms with van der Waals surface area (Å²) in [5, 5.41) is 3.43. The van der Waals surface area contributed by atoms with Crippen LogP contribution in [0.5, 0.6) is 0 Å². The lowest BCUT2D eigenvalue weighted by Gasteiger charge is -2.32. The van der Waals surface area contributed by atoms with E-state index in [0.29, 0.717) is 11.4 Å². The fourth-order valence-corrected chi connectivity index (χ4v) is 2.12. The van der Waals surface area contributed by atoms with Crippen LogP contribution in [-0.4, -0.2) is 5.91 Å². The first-order valence-electron chi connectivity index (χ1n) is 4.59. The lowest BCUT2D eigenvalue weighted by molar-refractivity contribution is -0.117. The third kappa shape index (κ3) is 1.40. The van der Waals surface area contributed by atoms with E-state index >= 15 is 0 Å². The van der Waals surface area contributed by atoms with E-state index in [9.17, 15) is 4.79 Å². The van der Waals surface area contributed by atoms with Crippen molar-refractivity contribution in [3.8, 4) is 0 Å². The minimum atomic E-state index is -0.122. The van der Waals surface area contributed by atoms with Crippen molar-refractivity contribution in [3.63, 3.8) is 0 Å². The van der Waals surface area contributed by atoms with Crippen LogP contribution in [0.25, 0.3) is 0 Å². The summed E-state index contributed by atoms with van der Waals surface area (Å²) in [6.07, 6.45) is 0.514. The molecule has 1 amide bonds. The summed E-state index contributed by atoms with van der Waals surface area (Å²) in [5.41, 5.74) is 1.77. The van der Waals surface area contributed by atoms with Crippen LogP contribution in [0.15, 0.2) is 18.2 Å². The summed E-state index contributed by atoms with van der Waals surface area (Å²) in [6.45, 7) is 4.11. The number of fused-ring (bicyclic) bond motifs is 1. The SMILES string of the molecule is CC1(C)CC(=O)Nc2c(Cl)cccc21. The predicted molar refractivity (Wildman–Crippen MR) is 57.7 cm³/mol. The van der Waals surface area contributed by atoms with Crippen molar-refractivity contribution in [2.45, 2.75) is 25.7 Å². The van der Waals surface area contributed by atoms with Crippen LogP contribution in [0.3, 0.4) is 0 Å². The number of para-hydroxylation sites is 1. The van der Waals surface area contributed by atoms with Gasteiger partial charge in [-0.25, -0.2) is 0 Å². The van der Waals surface area contributed by atoms with Gasteiger partial charge in [-0.3, -0.25) is 4.79 Å². The molecule has 3 heteroatoms. The fraction of sp³-hybridized carbons (Fsp3) is 0.364. The highest BCUT2D eigenvalue weighted by Gasteiger charge is 2.32. The molecule has 74 valence electrons. The number of carbonyl (C=O) groups is 1. The molecule has 0 radical (unpaired) electrons. The van der Waals surface area contributed by atoms with Gasteiger partial charge in [0.05, 0.1) is 10.7 Å². The number of hydrogen-bond acceptors (Lipinski definition) is 1. The van der Waals surface area contributed by atoms with E-state index < -0.39 is 0 Å². The Morgan fingerprint density at radius 3 is 2.86 bits per heavy atom. The van der Waals surface area contributed by atoms with E-state index in [0.717, 1.165) is 11.3 Å². The number of halogens is 1. The lowest BCUT2D eigenvalue weighted by Crippen LogP contribution is -2.32. The van der Waals surface area contributed by atoms with E-state index in [2.05, 4.69) is 19.2 Å². The molecule has 1 aliphatic rings. The number of rotatable bonds is 0. The fourth-order valence-electron chi connectivity index (χ4n) is 1.90. The molecule has 0 fully saturated rings. The first-order chi connectivity index (χ1) is 6.50. The monoisotopic (exact) mass is 209 g/mol. The Labute approximate surface area is 88.3 Å². The van der Waals surface area contributed by atoms with Crippen LogP contribution in [0.4, 0.5) is 5.69 Å². The van der Waals surface area contributed by atoms with Gasteiger partial charge in [0, 0.05) is 11.8 Å². The summed E-state index contributed by atoms with van der Waals surface area (Å²) >= 11 is 6.02. The van der Waals surface area contributed by atoms with Crippen LogP contribution < -0.4 is 5.32 Å². The van der Waals surface area contributed by atoms with Crippen LogP contribution in [-0.2, 0) is 10.2 Å². The maximum absolute atomic E-state index is 11.4. The molecule has 0 bridgehead atoms. The quantitative estimate of drug-likeness (QED) is 0.700. The van der Waals surface area contributed by atoms with Gasteiger partial charge in [0.2, 0.25) is 5.91 Å². The number of carbonyl (C=O) groups excluding carboxylic acids is 1. The molecule has 0 saturated heterocycles. The highest BCUT2D eigenvalue weighted by molar-refractivity contribution is 6.34. The van der Waals surface area contributed by atoms with Crippen molar-refractivity contribution < 1.29 is 4.79 Å². The summed E-state index contributed by atoms with van der Waals surface area (Å²) in [6, 6.07) is 5.73. The smallest absolute Gasteiger partial charge is 0.225 e. The Balaban J connectivity index is 2.63. The zero-order valence-corrected chi connectivity index (χ0v) is 8.98. The molecule has 2 rings (SSSR count). The molecule has 1 heterocycles. The molecule has 0 saturated carbocycles. The van der Waals surface area contributed by atoms with Gasteiger partial charge < -0.3 is 5.32 Å². The van der Waals surface area contributed by atoms with E-state index in [4.69, 9.17) is 11.6 Å².